The molecule has 1 aromatic carbocycles. The van der Waals surface area contributed by atoms with Gasteiger partial charge in [0.1, 0.15) is 5.82 Å². The van der Waals surface area contributed by atoms with Crippen LogP contribution in [0.5, 0.6) is 0 Å². The van der Waals surface area contributed by atoms with E-state index in [9.17, 15) is 9.18 Å². The van der Waals surface area contributed by atoms with Crippen molar-refractivity contribution in [2.75, 3.05) is 13.6 Å². The van der Waals surface area contributed by atoms with Crippen LogP contribution in [0, 0.1) is 5.82 Å². The summed E-state index contributed by atoms with van der Waals surface area (Å²) in [5.74, 6) is -0.137. The molecule has 1 N–H and O–H groups in total. The fourth-order valence-corrected chi connectivity index (χ4v) is 2.30. The molecular weight excluding hydrogens is 231 g/mol. The van der Waals surface area contributed by atoms with E-state index in [1.165, 1.54) is 12.1 Å². The molecule has 2 rings (SSSR count). The van der Waals surface area contributed by atoms with Gasteiger partial charge in [-0.2, -0.15) is 0 Å². The molecule has 0 bridgehead atoms. The second kappa shape index (κ2) is 5.48. The van der Waals surface area contributed by atoms with Crippen molar-refractivity contribution >= 4 is 5.91 Å². The Bertz CT molecular complexity index is 412. The van der Waals surface area contributed by atoms with Gasteiger partial charge >= 0.3 is 0 Å². The van der Waals surface area contributed by atoms with E-state index in [0.29, 0.717) is 0 Å². The van der Waals surface area contributed by atoms with Crippen molar-refractivity contribution in [2.24, 2.45) is 0 Å². The van der Waals surface area contributed by atoms with Gasteiger partial charge in [-0.15, -0.1) is 0 Å². The second-order valence-corrected chi connectivity index (χ2v) is 4.83. The lowest BCUT2D eigenvalue weighted by Crippen LogP contribution is -2.42. The van der Waals surface area contributed by atoms with Crippen LogP contribution in [0.3, 0.4) is 0 Å². The highest BCUT2D eigenvalue weighted by atomic mass is 19.1. The van der Waals surface area contributed by atoms with Crippen LogP contribution in [0.25, 0.3) is 0 Å². The van der Waals surface area contributed by atoms with Crippen LogP contribution in [-0.4, -0.2) is 30.4 Å². The molecule has 2 atom stereocenters. The molecule has 4 heteroatoms. The Labute approximate surface area is 107 Å². The van der Waals surface area contributed by atoms with Gasteiger partial charge in [0.25, 0.3) is 0 Å². The lowest BCUT2D eigenvalue weighted by molar-refractivity contribution is -0.133. The number of carbonyl (C=O) groups excluding carboxylic acids is 1. The van der Waals surface area contributed by atoms with Crippen LogP contribution in [0.4, 0.5) is 4.39 Å². The number of nitrogens with one attached hydrogen (secondary N) is 1. The molecule has 3 nitrogen and oxygen atoms in total. The molecule has 98 valence electrons. The predicted octanol–water partition coefficient (Wildman–Crippen LogP) is 2.10. The summed E-state index contributed by atoms with van der Waals surface area (Å²) < 4.78 is 12.9. The van der Waals surface area contributed by atoms with Crippen LogP contribution >= 0.6 is 0 Å². The maximum atomic E-state index is 12.9. The Morgan fingerprint density at radius 3 is 2.67 bits per heavy atom. The highest BCUT2D eigenvalue weighted by Gasteiger charge is 2.27. The molecule has 1 aliphatic rings. The summed E-state index contributed by atoms with van der Waals surface area (Å²) >= 11 is 0. The minimum Gasteiger partial charge on any atom is -0.338 e. The summed E-state index contributed by atoms with van der Waals surface area (Å²) in [5.41, 5.74) is 0.949. The van der Waals surface area contributed by atoms with Gasteiger partial charge in [-0.25, -0.2) is 4.39 Å². The SMILES string of the molecule is CC(c1ccc(F)cc1)N(C)C(=O)C1CCCN1. The van der Waals surface area contributed by atoms with E-state index in [1.54, 1.807) is 24.1 Å². The Morgan fingerprint density at radius 1 is 1.44 bits per heavy atom. The average molecular weight is 250 g/mol. The van der Waals surface area contributed by atoms with Crippen LogP contribution in [0.2, 0.25) is 0 Å². The zero-order valence-electron chi connectivity index (χ0n) is 10.8. The van der Waals surface area contributed by atoms with Crippen molar-refractivity contribution in [1.82, 2.24) is 10.2 Å². The highest BCUT2D eigenvalue weighted by molar-refractivity contribution is 5.82. The van der Waals surface area contributed by atoms with Crippen LogP contribution in [0.15, 0.2) is 24.3 Å². The molecule has 0 saturated carbocycles. The lowest BCUT2D eigenvalue weighted by Gasteiger charge is -2.28. The first kappa shape index (κ1) is 13.0. The first-order chi connectivity index (χ1) is 8.59. The Kier molecular flexibility index (Phi) is 3.97. The lowest BCUT2D eigenvalue weighted by atomic mass is 10.1. The van der Waals surface area contributed by atoms with Crippen molar-refractivity contribution in [3.63, 3.8) is 0 Å². The third-order valence-corrected chi connectivity index (χ3v) is 3.64. The number of amides is 1. The van der Waals surface area contributed by atoms with Crippen molar-refractivity contribution in [3.8, 4) is 0 Å². The summed E-state index contributed by atoms with van der Waals surface area (Å²) in [6.07, 6.45) is 1.95. The van der Waals surface area contributed by atoms with E-state index < -0.39 is 0 Å². The molecule has 0 radical (unpaired) electrons. The van der Waals surface area contributed by atoms with Crippen LogP contribution in [0.1, 0.15) is 31.4 Å². The molecule has 0 aliphatic carbocycles. The monoisotopic (exact) mass is 250 g/mol. The molecule has 0 aromatic heterocycles. The largest absolute Gasteiger partial charge is 0.338 e. The zero-order valence-corrected chi connectivity index (χ0v) is 10.8. The molecule has 1 saturated heterocycles. The number of carbonyl (C=O) groups is 1. The van der Waals surface area contributed by atoms with Gasteiger partial charge in [-0.1, -0.05) is 12.1 Å². The third-order valence-electron chi connectivity index (χ3n) is 3.64. The number of hydrogen-bond acceptors (Lipinski definition) is 2. The van der Waals surface area contributed by atoms with Gasteiger partial charge in [-0.3, -0.25) is 4.79 Å². The predicted molar refractivity (Wildman–Crippen MR) is 68.6 cm³/mol. The van der Waals surface area contributed by atoms with E-state index in [1.807, 2.05) is 6.92 Å². The Balaban J connectivity index is 2.05. The van der Waals surface area contributed by atoms with Crippen LogP contribution in [-0.2, 0) is 4.79 Å². The van der Waals surface area contributed by atoms with Crippen molar-refractivity contribution in [3.05, 3.63) is 35.6 Å². The maximum absolute atomic E-state index is 12.9. The molecule has 2 unspecified atom stereocenters. The van der Waals surface area contributed by atoms with E-state index in [4.69, 9.17) is 0 Å². The van der Waals surface area contributed by atoms with E-state index in [2.05, 4.69) is 5.32 Å². The number of rotatable bonds is 3. The van der Waals surface area contributed by atoms with Crippen LogP contribution < -0.4 is 5.32 Å². The fourth-order valence-electron chi connectivity index (χ4n) is 2.30. The summed E-state index contributed by atoms with van der Waals surface area (Å²) in [6.45, 7) is 2.87. The standard InChI is InChI=1S/C14H19FN2O/c1-10(11-5-7-12(15)8-6-11)17(2)14(18)13-4-3-9-16-13/h5-8,10,13,16H,3-4,9H2,1-2H3. The Hall–Kier alpha value is -1.42. The molecule has 1 aromatic rings. The molecule has 1 aliphatic heterocycles. The number of likely N-dealkylation sites (N-methyl/N-ethyl adjacent to an activating group) is 1. The minimum atomic E-state index is -0.252. The van der Waals surface area contributed by atoms with Gasteiger partial charge in [0.2, 0.25) is 5.91 Å². The van der Waals surface area contributed by atoms with E-state index in [0.717, 1.165) is 24.9 Å². The summed E-state index contributed by atoms with van der Waals surface area (Å²) in [4.78, 5) is 13.9. The van der Waals surface area contributed by atoms with E-state index in [-0.39, 0.29) is 23.8 Å². The second-order valence-electron chi connectivity index (χ2n) is 4.83. The minimum absolute atomic E-state index is 0.0412. The summed E-state index contributed by atoms with van der Waals surface area (Å²) in [6, 6.07) is 6.21. The third kappa shape index (κ3) is 2.70. The first-order valence-corrected chi connectivity index (χ1v) is 6.35. The number of hydrogen-bond donors (Lipinski definition) is 1. The van der Waals surface area contributed by atoms with Gasteiger partial charge in [-0.05, 0) is 44.0 Å². The van der Waals surface area contributed by atoms with Gasteiger partial charge in [0.15, 0.2) is 0 Å². The molecule has 1 fully saturated rings. The van der Waals surface area contributed by atoms with Crippen molar-refractivity contribution in [1.29, 1.82) is 0 Å². The molecule has 1 heterocycles. The smallest absolute Gasteiger partial charge is 0.239 e. The van der Waals surface area contributed by atoms with Gasteiger partial charge in [0, 0.05) is 7.05 Å². The molecule has 1 amide bonds. The molecule has 0 spiro atoms. The Morgan fingerprint density at radius 2 is 2.11 bits per heavy atom. The number of benzene rings is 1. The topological polar surface area (TPSA) is 32.3 Å². The first-order valence-electron chi connectivity index (χ1n) is 6.35. The number of nitrogens with zero attached hydrogens (tertiary/aromatic N) is 1. The zero-order chi connectivity index (χ0) is 13.1. The molecular formula is C14H19FN2O. The summed E-state index contributed by atoms with van der Waals surface area (Å²) in [5, 5.41) is 3.20. The molecule has 18 heavy (non-hydrogen) atoms. The highest BCUT2D eigenvalue weighted by Crippen LogP contribution is 2.21. The normalized spacial score (nSPS) is 20.7. The summed E-state index contributed by atoms with van der Waals surface area (Å²) in [7, 11) is 1.80. The van der Waals surface area contributed by atoms with Gasteiger partial charge in [0.05, 0.1) is 12.1 Å². The van der Waals surface area contributed by atoms with Gasteiger partial charge < -0.3 is 10.2 Å². The van der Waals surface area contributed by atoms with E-state index >= 15 is 0 Å². The fraction of sp³-hybridized carbons (Fsp3) is 0.500. The average Bonchev–Trinajstić information content (AvgIpc) is 2.91. The maximum Gasteiger partial charge on any atom is 0.239 e. The number of halogens is 1. The van der Waals surface area contributed by atoms with Crippen molar-refractivity contribution in [2.45, 2.75) is 31.8 Å². The van der Waals surface area contributed by atoms with Crippen molar-refractivity contribution < 1.29 is 9.18 Å². The quantitative estimate of drug-likeness (QED) is 0.891.